The maximum Gasteiger partial charge on any atom is 0.338 e. The van der Waals surface area contributed by atoms with E-state index in [0.717, 1.165) is 30.6 Å². The van der Waals surface area contributed by atoms with Crippen molar-refractivity contribution in [3.05, 3.63) is 58.4 Å². The number of carbonyl (C=O) groups excluding carboxylic acids is 1. The number of esters is 1. The van der Waals surface area contributed by atoms with E-state index >= 15 is 0 Å². The highest BCUT2D eigenvalue weighted by Gasteiger charge is 2.17. The number of benzene rings is 1. The molecule has 0 fully saturated rings. The summed E-state index contributed by atoms with van der Waals surface area (Å²) in [6.45, 7) is 3.63. The third kappa shape index (κ3) is 3.07. The molecule has 1 aliphatic rings. The van der Waals surface area contributed by atoms with Crippen LogP contribution in [0.15, 0.2) is 33.1 Å². The number of ether oxygens (including phenoxy) is 1. The Balaban J connectivity index is 1.43. The Morgan fingerprint density at radius 3 is 2.76 bits per heavy atom. The third-order valence-corrected chi connectivity index (χ3v) is 4.40. The van der Waals surface area contributed by atoms with E-state index in [1.165, 1.54) is 11.1 Å². The van der Waals surface area contributed by atoms with Gasteiger partial charge in [0.2, 0.25) is 0 Å². The molecule has 0 saturated carbocycles. The summed E-state index contributed by atoms with van der Waals surface area (Å²) in [5.74, 6) is 1.71. The molecule has 0 aliphatic heterocycles. The number of nitrogens with zero attached hydrogens (tertiary/aromatic N) is 2. The summed E-state index contributed by atoms with van der Waals surface area (Å²) in [6.07, 6.45) is 3.25. The van der Waals surface area contributed by atoms with Crippen molar-refractivity contribution in [2.45, 2.75) is 39.7 Å². The molecule has 3 aromatic rings. The Morgan fingerprint density at radius 2 is 1.96 bits per heavy atom. The zero-order valence-corrected chi connectivity index (χ0v) is 14.2. The minimum atomic E-state index is -0.384. The van der Waals surface area contributed by atoms with Gasteiger partial charge in [-0.3, -0.25) is 0 Å². The van der Waals surface area contributed by atoms with Crippen LogP contribution in [0.4, 0.5) is 0 Å². The molecule has 1 aromatic carbocycles. The summed E-state index contributed by atoms with van der Waals surface area (Å²) in [4.78, 5) is 12.2. The molecule has 4 rings (SSSR count). The van der Waals surface area contributed by atoms with Crippen molar-refractivity contribution in [1.82, 2.24) is 10.2 Å². The predicted molar refractivity (Wildman–Crippen MR) is 89.1 cm³/mol. The van der Waals surface area contributed by atoms with Crippen molar-refractivity contribution in [1.29, 1.82) is 0 Å². The lowest BCUT2D eigenvalue weighted by molar-refractivity contribution is 0.0438. The topological polar surface area (TPSA) is 78.4 Å². The van der Waals surface area contributed by atoms with Crippen LogP contribution in [-0.2, 0) is 24.2 Å². The number of fused-ring (bicyclic) bond motifs is 1. The van der Waals surface area contributed by atoms with E-state index in [-0.39, 0.29) is 18.5 Å². The Bertz CT molecular complexity index is 939. The fourth-order valence-corrected chi connectivity index (χ4v) is 3.17. The molecule has 0 amide bonds. The Morgan fingerprint density at radius 1 is 1.12 bits per heavy atom. The van der Waals surface area contributed by atoms with Crippen LogP contribution in [0.25, 0.3) is 11.5 Å². The fraction of sp³-hybridized carbons (Fsp3) is 0.316. The van der Waals surface area contributed by atoms with E-state index in [2.05, 4.69) is 10.2 Å². The van der Waals surface area contributed by atoms with Gasteiger partial charge in [0, 0.05) is 0 Å². The van der Waals surface area contributed by atoms with Crippen molar-refractivity contribution < 1.29 is 18.4 Å². The van der Waals surface area contributed by atoms with Crippen LogP contribution in [0, 0.1) is 13.8 Å². The molecule has 0 bridgehead atoms. The van der Waals surface area contributed by atoms with Crippen LogP contribution < -0.4 is 0 Å². The molecule has 0 radical (unpaired) electrons. The van der Waals surface area contributed by atoms with Gasteiger partial charge >= 0.3 is 5.97 Å². The molecule has 2 aromatic heterocycles. The Hall–Kier alpha value is -2.89. The quantitative estimate of drug-likeness (QED) is 0.673. The van der Waals surface area contributed by atoms with E-state index in [4.69, 9.17) is 13.6 Å². The van der Waals surface area contributed by atoms with Crippen molar-refractivity contribution >= 4 is 5.97 Å². The van der Waals surface area contributed by atoms with Gasteiger partial charge in [0.05, 0.1) is 11.1 Å². The van der Waals surface area contributed by atoms with Crippen molar-refractivity contribution in [3.63, 3.8) is 0 Å². The summed E-state index contributed by atoms with van der Waals surface area (Å²) >= 11 is 0. The molecule has 0 saturated heterocycles. The lowest BCUT2D eigenvalue weighted by Crippen LogP contribution is -2.06. The lowest BCUT2D eigenvalue weighted by Gasteiger charge is -2.04. The van der Waals surface area contributed by atoms with Crippen molar-refractivity contribution in [3.8, 4) is 11.5 Å². The van der Waals surface area contributed by atoms with E-state index in [1.807, 2.05) is 38.1 Å². The van der Waals surface area contributed by atoms with Crippen LogP contribution in [0.3, 0.4) is 0 Å². The first kappa shape index (κ1) is 15.6. The van der Waals surface area contributed by atoms with Gasteiger partial charge in [0.25, 0.3) is 11.8 Å². The first-order valence-electron chi connectivity index (χ1n) is 8.29. The first-order valence-corrected chi connectivity index (χ1v) is 8.29. The lowest BCUT2D eigenvalue weighted by atomic mass is 10.1. The van der Waals surface area contributed by atoms with Crippen molar-refractivity contribution in [2.24, 2.45) is 0 Å². The second-order valence-electron chi connectivity index (χ2n) is 6.24. The number of aromatic nitrogens is 2. The second-order valence-corrected chi connectivity index (χ2v) is 6.24. The third-order valence-electron chi connectivity index (χ3n) is 4.40. The van der Waals surface area contributed by atoms with Gasteiger partial charge in [-0.1, -0.05) is 6.07 Å². The van der Waals surface area contributed by atoms with Crippen LogP contribution in [-0.4, -0.2) is 16.2 Å². The zero-order chi connectivity index (χ0) is 17.4. The molecule has 0 N–H and O–H groups in total. The smallest absolute Gasteiger partial charge is 0.338 e. The number of hydrogen-bond donors (Lipinski definition) is 0. The highest BCUT2D eigenvalue weighted by molar-refractivity contribution is 5.89. The molecule has 128 valence electrons. The number of aryl methyl sites for hydroxylation is 4. The predicted octanol–water partition coefficient (Wildman–Crippen LogP) is 3.79. The summed E-state index contributed by atoms with van der Waals surface area (Å²) in [7, 11) is 0. The van der Waals surface area contributed by atoms with E-state index < -0.39 is 0 Å². The monoisotopic (exact) mass is 338 g/mol. The molecule has 0 unspecified atom stereocenters. The molecule has 2 heterocycles. The maximum absolute atomic E-state index is 12.2. The van der Waals surface area contributed by atoms with Gasteiger partial charge in [0.1, 0.15) is 11.5 Å². The standard InChI is InChI=1S/C19H18N2O4/c1-11-8-16(12(2)24-11)18-21-20-17(25-18)10-23-19(22)15-7-6-13-4-3-5-14(13)9-15/h6-9H,3-5,10H2,1-2H3. The second kappa shape index (κ2) is 6.20. The average molecular weight is 338 g/mol. The van der Waals surface area contributed by atoms with Gasteiger partial charge in [0.15, 0.2) is 6.61 Å². The normalized spacial score (nSPS) is 13.0. The van der Waals surface area contributed by atoms with E-state index in [0.29, 0.717) is 17.2 Å². The van der Waals surface area contributed by atoms with E-state index in [9.17, 15) is 4.79 Å². The molecule has 0 atom stereocenters. The summed E-state index contributed by atoms with van der Waals surface area (Å²) in [5.41, 5.74) is 3.87. The highest BCUT2D eigenvalue weighted by Crippen LogP contribution is 2.26. The molecule has 0 spiro atoms. The Labute approximate surface area is 144 Å². The molecule has 6 heteroatoms. The maximum atomic E-state index is 12.2. The van der Waals surface area contributed by atoms with Gasteiger partial charge < -0.3 is 13.6 Å². The zero-order valence-electron chi connectivity index (χ0n) is 14.2. The molecule has 6 nitrogen and oxygen atoms in total. The SMILES string of the molecule is Cc1cc(-c2nnc(COC(=O)c3ccc4c(c3)CCC4)o2)c(C)o1. The van der Waals surface area contributed by atoms with E-state index in [1.54, 1.807) is 0 Å². The Kier molecular flexibility index (Phi) is 3.87. The van der Waals surface area contributed by atoms with Gasteiger partial charge in [-0.25, -0.2) is 4.79 Å². The van der Waals surface area contributed by atoms with Crippen LogP contribution in [0.2, 0.25) is 0 Å². The van der Waals surface area contributed by atoms with Gasteiger partial charge in [-0.2, -0.15) is 0 Å². The van der Waals surface area contributed by atoms with Crippen molar-refractivity contribution in [2.75, 3.05) is 0 Å². The fourth-order valence-electron chi connectivity index (χ4n) is 3.17. The number of carbonyl (C=O) groups is 1. The molecule has 1 aliphatic carbocycles. The minimum absolute atomic E-state index is 0.0567. The number of rotatable bonds is 4. The largest absolute Gasteiger partial charge is 0.466 e. The molecule has 25 heavy (non-hydrogen) atoms. The van der Waals surface area contributed by atoms with Crippen LogP contribution in [0.5, 0.6) is 0 Å². The minimum Gasteiger partial charge on any atom is -0.466 e. The summed E-state index contributed by atoms with van der Waals surface area (Å²) in [5, 5.41) is 7.92. The molecular weight excluding hydrogens is 320 g/mol. The highest BCUT2D eigenvalue weighted by atomic mass is 16.5. The van der Waals surface area contributed by atoms with Gasteiger partial charge in [-0.05, 0) is 62.4 Å². The first-order chi connectivity index (χ1) is 12.1. The van der Waals surface area contributed by atoms with Gasteiger partial charge in [-0.15, -0.1) is 10.2 Å². The average Bonchev–Trinajstić information content (AvgIpc) is 3.31. The van der Waals surface area contributed by atoms with Crippen LogP contribution in [0.1, 0.15) is 45.3 Å². The number of furan rings is 1. The summed E-state index contributed by atoms with van der Waals surface area (Å²) in [6, 6.07) is 7.57. The van der Waals surface area contributed by atoms with Crippen LogP contribution >= 0.6 is 0 Å². The summed E-state index contributed by atoms with van der Waals surface area (Å²) < 4.78 is 16.3. The number of hydrogen-bond acceptors (Lipinski definition) is 6. The molecular formula is C19H18N2O4.